The zero-order chi connectivity index (χ0) is 18.1. The summed E-state index contributed by atoms with van der Waals surface area (Å²) in [5, 5.41) is 13.7. The molecule has 0 amide bonds. The molecule has 0 spiro atoms. The van der Waals surface area contributed by atoms with Crippen LogP contribution in [0.2, 0.25) is 5.02 Å². The molecule has 1 heterocycles. The SMILES string of the molecule is CCNc1ccc2c(=O)c3ccc(Cl)c(OC)c3n(CC(=O)O)c2c1. The summed E-state index contributed by atoms with van der Waals surface area (Å²) in [6.45, 7) is 2.34. The number of hydrogen-bond donors (Lipinski definition) is 2. The molecule has 0 bridgehead atoms. The number of pyridine rings is 1. The number of carbonyl (C=O) groups is 1. The molecule has 130 valence electrons. The first-order valence-electron chi connectivity index (χ1n) is 7.76. The Morgan fingerprint density at radius 1 is 1.28 bits per heavy atom. The lowest BCUT2D eigenvalue weighted by Gasteiger charge is -2.17. The van der Waals surface area contributed by atoms with Crippen molar-refractivity contribution in [3.63, 3.8) is 0 Å². The highest BCUT2D eigenvalue weighted by molar-refractivity contribution is 6.33. The van der Waals surface area contributed by atoms with Crippen LogP contribution in [0.15, 0.2) is 35.1 Å². The molecule has 0 saturated heterocycles. The van der Waals surface area contributed by atoms with Crippen molar-refractivity contribution in [2.24, 2.45) is 0 Å². The fraction of sp³-hybridized carbons (Fsp3) is 0.222. The number of benzene rings is 2. The van der Waals surface area contributed by atoms with Gasteiger partial charge in [0.1, 0.15) is 6.54 Å². The molecule has 0 radical (unpaired) electrons. The maximum absolute atomic E-state index is 12.9. The largest absolute Gasteiger partial charge is 0.493 e. The predicted molar refractivity (Wildman–Crippen MR) is 99.1 cm³/mol. The highest BCUT2D eigenvalue weighted by Crippen LogP contribution is 2.34. The summed E-state index contributed by atoms with van der Waals surface area (Å²) < 4.78 is 6.92. The minimum atomic E-state index is -1.03. The zero-order valence-electron chi connectivity index (χ0n) is 13.8. The van der Waals surface area contributed by atoms with Gasteiger partial charge in [-0.3, -0.25) is 9.59 Å². The summed E-state index contributed by atoms with van der Waals surface area (Å²) in [5.41, 5.74) is 1.50. The third-order valence-electron chi connectivity index (χ3n) is 4.01. The maximum Gasteiger partial charge on any atom is 0.323 e. The minimum absolute atomic E-state index is 0.190. The van der Waals surface area contributed by atoms with Crippen molar-refractivity contribution in [1.29, 1.82) is 0 Å². The molecule has 0 saturated carbocycles. The number of anilines is 1. The van der Waals surface area contributed by atoms with Gasteiger partial charge < -0.3 is 19.7 Å². The van der Waals surface area contributed by atoms with Crippen LogP contribution >= 0.6 is 11.6 Å². The van der Waals surface area contributed by atoms with E-state index in [0.717, 1.165) is 5.69 Å². The lowest BCUT2D eigenvalue weighted by atomic mass is 10.1. The van der Waals surface area contributed by atoms with Crippen LogP contribution in [-0.2, 0) is 11.3 Å². The molecule has 6 nitrogen and oxygen atoms in total. The summed E-state index contributed by atoms with van der Waals surface area (Å²) in [7, 11) is 1.44. The average Bonchev–Trinajstić information content (AvgIpc) is 2.58. The molecule has 0 aliphatic heterocycles. The van der Waals surface area contributed by atoms with Gasteiger partial charge in [0.05, 0.1) is 28.6 Å². The number of aliphatic carboxylic acids is 1. The van der Waals surface area contributed by atoms with E-state index in [0.29, 0.717) is 33.4 Å². The second kappa shape index (κ2) is 6.64. The van der Waals surface area contributed by atoms with Crippen molar-refractivity contribution >= 4 is 45.1 Å². The van der Waals surface area contributed by atoms with Crippen LogP contribution in [-0.4, -0.2) is 29.3 Å². The third kappa shape index (κ3) is 2.89. The van der Waals surface area contributed by atoms with Crippen LogP contribution in [0.5, 0.6) is 5.75 Å². The van der Waals surface area contributed by atoms with Crippen LogP contribution in [0.25, 0.3) is 21.8 Å². The van der Waals surface area contributed by atoms with Crippen molar-refractivity contribution < 1.29 is 14.6 Å². The molecule has 1 aromatic heterocycles. The number of ether oxygens (including phenoxy) is 1. The summed E-state index contributed by atoms with van der Waals surface area (Å²) in [4.78, 5) is 24.3. The van der Waals surface area contributed by atoms with Crippen molar-refractivity contribution in [2.75, 3.05) is 19.0 Å². The molecule has 3 aromatic rings. The van der Waals surface area contributed by atoms with E-state index < -0.39 is 5.97 Å². The monoisotopic (exact) mass is 360 g/mol. The summed E-state index contributed by atoms with van der Waals surface area (Å²) in [5.74, 6) is -0.740. The van der Waals surface area contributed by atoms with Crippen molar-refractivity contribution in [3.05, 3.63) is 45.6 Å². The van der Waals surface area contributed by atoms with E-state index in [1.807, 2.05) is 6.92 Å². The molecule has 7 heteroatoms. The van der Waals surface area contributed by atoms with Gasteiger partial charge in [-0.05, 0) is 37.3 Å². The van der Waals surface area contributed by atoms with Gasteiger partial charge in [0.2, 0.25) is 0 Å². The molecule has 0 unspecified atom stereocenters. The molecular formula is C18H17ClN2O4. The Morgan fingerprint density at radius 3 is 2.64 bits per heavy atom. The third-order valence-corrected chi connectivity index (χ3v) is 4.31. The molecule has 0 atom stereocenters. The van der Waals surface area contributed by atoms with E-state index in [1.165, 1.54) is 7.11 Å². The van der Waals surface area contributed by atoms with Crippen molar-refractivity contribution in [1.82, 2.24) is 4.57 Å². The Balaban J connectivity index is 2.54. The molecule has 25 heavy (non-hydrogen) atoms. The summed E-state index contributed by atoms with van der Waals surface area (Å²) in [6, 6.07) is 8.45. The Hall–Kier alpha value is -2.73. The Morgan fingerprint density at radius 2 is 2.00 bits per heavy atom. The lowest BCUT2D eigenvalue weighted by Crippen LogP contribution is -2.17. The molecule has 2 N–H and O–H groups in total. The van der Waals surface area contributed by atoms with Gasteiger partial charge in [-0.25, -0.2) is 0 Å². The highest BCUT2D eigenvalue weighted by atomic mass is 35.5. The number of nitrogens with one attached hydrogen (secondary N) is 1. The number of methoxy groups -OCH3 is 1. The fourth-order valence-corrected chi connectivity index (χ4v) is 3.25. The van der Waals surface area contributed by atoms with Gasteiger partial charge in [0.25, 0.3) is 0 Å². The van der Waals surface area contributed by atoms with E-state index in [4.69, 9.17) is 16.3 Å². The standard InChI is InChI=1S/C18H17ClN2O4/c1-3-20-10-4-5-11-14(8-10)21(9-15(22)23)16-12(17(11)24)6-7-13(19)18(16)25-2/h4-8,20H,3,9H2,1-2H3,(H,22,23). The van der Waals surface area contributed by atoms with Gasteiger partial charge in [-0.15, -0.1) is 0 Å². The number of fused-ring (bicyclic) bond motifs is 2. The first kappa shape index (κ1) is 17.1. The number of rotatable bonds is 5. The minimum Gasteiger partial charge on any atom is -0.493 e. The zero-order valence-corrected chi connectivity index (χ0v) is 14.6. The Kier molecular flexibility index (Phi) is 4.55. The molecule has 2 aromatic carbocycles. The molecule has 0 aliphatic carbocycles. The second-order valence-electron chi connectivity index (χ2n) is 5.55. The number of aromatic nitrogens is 1. The smallest absolute Gasteiger partial charge is 0.323 e. The number of nitrogens with zero attached hydrogens (tertiary/aromatic N) is 1. The lowest BCUT2D eigenvalue weighted by molar-refractivity contribution is -0.137. The van der Waals surface area contributed by atoms with Crippen LogP contribution in [0, 0.1) is 0 Å². The van der Waals surface area contributed by atoms with Gasteiger partial charge in [0.15, 0.2) is 11.2 Å². The van der Waals surface area contributed by atoms with Crippen molar-refractivity contribution in [3.8, 4) is 5.75 Å². The van der Waals surface area contributed by atoms with Crippen LogP contribution in [0.1, 0.15) is 6.92 Å². The fourth-order valence-electron chi connectivity index (χ4n) is 3.02. The average molecular weight is 361 g/mol. The highest BCUT2D eigenvalue weighted by Gasteiger charge is 2.18. The molecule has 0 aliphatic rings. The van der Waals surface area contributed by atoms with E-state index >= 15 is 0 Å². The topological polar surface area (TPSA) is 80.6 Å². The van der Waals surface area contributed by atoms with E-state index in [9.17, 15) is 14.7 Å². The Labute approximate surface area is 148 Å². The van der Waals surface area contributed by atoms with Gasteiger partial charge in [-0.1, -0.05) is 11.6 Å². The first-order valence-corrected chi connectivity index (χ1v) is 8.14. The number of carboxylic acids is 1. The maximum atomic E-state index is 12.9. The second-order valence-corrected chi connectivity index (χ2v) is 5.96. The van der Waals surface area contributed by atoms with E-state index in [2.05, 4.69) is 5.32 Å². The molecular weight excluding hydrogens is 344 g/mol. The summed E-state index contributed by atoms with van der Waals surface area (Å²) >= 11 is 6.20. The quantitative estimate of drug-likeness (QED) is 0.682. The number of halogens is 1. The number of hydrogen-bond acceptors (Lipinski definition) is 4. The van der Waals surface area contributed by atoms with Gasteiger partial charge in [0, 0.05) is 17.6 Å². The van der Waals surface area contributed by atoms with Crippen LogP contribution in [0.4, 0.5) is 5.69 Å². The van der Waals surface area contributed by atoms with Gasteiger partial charge >= 0.3 is 5.97 Å². The molecule has 0 fully saturated rings. The van der Waals surface area contributed by atoms with Crippen molar-refractivity contribution in [2.45, 2.75) is 13.5 Å². The van der Waals surface area contributed by atoms with E-state index in [1.54, 1.807) is 34.9 Å². The summed E-state index contributed by atoms with van der Waals surface area (Å²) in [6.07, 6.45) is 0. The van der Waals surface area contributed by atoms with E-state index in [-0.39, 0.29) is 17.7 Å². The van der Waals surface area contributed by atoms with Crippen LogP contribution < -0.4 is 15.5 Å². The van der Waals surface area contributed by atoms with Gasteiger partial charge in [-0.2, -0.15) is 0 Å². The molecule has 3 rings (SSSR count). The predicted octanol–water partition coefficient (Wildman–Crippen LogP) is 3.33. The first-order chi connectivity index (χ1) is 12.0. The normalized spacial score (nSPS) is 11.0. The Bertz CT molecular complexity index is 1040. The number of carboxylic acid groups (broad SMARTS) is 1. The van der Waals surface area contributed by atoms with Crippen LogP contribution in [0.3, 0.4) is 0 Å².